The van der Waals surface area contributed by atoms with Gasteiger partial charge in [0.05, 0.1) is 0 Å². The number of unbranched alkanes of at least 4 members (excludes halogenated alkanes) is 7. The predicted molar refractivity (Wildman–Crippen MR) is 168 cm³/mol. The average molecular weight is 626 g/mol. The first kappa shape index (κ1) is 35.9. The minimum absolute atomic E-state index is 0.233. The Morgan fingerprint density at radius 2 is 1.42 bits per heavy atom. The van der Waals surface area contributed by atoms with Crippen molar-refractivity contribution in [2.45, 2.75) is 156 Å². The fraction of sp³-hybridized carbons (Fsp3) is 0.781. The zero-order valence-electron chi connectivity index (χ0n) is 25.4. The van der Waals surface area contributed by atoms with Gasteiger partial charge in [-0.15, -0.1) is 0 Å². The van der Waals surface area contributed by atoms with Crippen LogP contribution in [-0.2, 0) is 9.22 Å². The van der Waals surface area contributed by atoms with Crippen molar-refractivity contribution in [2.75, 3.05) is 0 Å². The number of rotatable bonds is 20. The Morgan fingerprint density at radius 3 is 1.78 bits per heavy atom. The molecule has 0 bridgehead atoms. The molecule has 0 N–H and O–H groups in total. The van der Waals surface area contributed by atoms with Crippen LogP contribution in [0.4, 0.5) is 0 Å². The molecule has 210 valence electrons. The Morgan fingerprint density at radius 1 is 0.889 bits per heavy atom. The van der Waals surface area contributed by atoms with Gasteiger partial charge in [-0.3, -0.25) is 4.79 Å². The molecule has 1 unspecified atom stereocenters. The van der Waals surface area contributed by atoms with Crippen LogP contribution in [0.1, 0.15) is 118 Å². The first-order valence-electron chi connectivity index (χ1n) is 15.3. The van der Waals surface area contributed by atoms with E-state index in [2.05, 4.69) is 70.2 Å². The first-order valence-corrected chi connectivity index (χ1v) is 26.5. The van der Waals surface area contributed by atoms with Gasteiger partial charge >= 0.3 is 197 Å². The van der Waals surface area contributed by atoms with E-state index in [9.17, 15) is 4.79 Å². The SMILES string of the molecule is C=CC(C=[CH][Sn]([CH2]CCC)([CH2]CCC)[CH2]CCC)(CCCCCCC)O[Si](C)(C)C.O=C1C=CCC1. The van der Waals surface area contributed by atoms with Crippen LogP contribution in [0.5, 0.6) is 0 Å². The molecule has 36 heavy (non-hydrogen) atoms. The molecule has 1 aliphatic carbocycles. The normalized spacial score (nSPS) is 15.7. The molecule has 0 aromatic rings. The maximum absolute atomic E-state index is 10.2. The summed E-state index contributed by atoms with van der Waals surface area (Å²) in [6, 6.07) is 0. The molecule has 0 saturated carbocycles. The minimum atomic E-state index is -2.31. The summed E-state index contributed by atoms with van der Waals surface area (Å²) in [7, 11) is -1.66. The molecular weight excluding hydrogens is 563 g/mol. The Balaban J connectivity index is 0.00000176. The minimum Gasteiger partial charge on any atom is -0.295 e. The Hall–Kier alpha value is -0.134. The zero-order valence-corrected chi connectivity index (χ0v) is 29.3. The second-order valence-electron chi connectivity index (χ2n) is 12.0. The molecule has 1 atom stereocenters. The van der Waals surface area contributed by atoms with Crippen molar-refractivity contribution in [1.29, 1.82) is 0 Å². The fourth-order valence-electron chi connectivity index (χ4n) is 5.01. The number of hydrogen-bond donors (Lipinski definition) is 0. The Labute approximate surface area is 231 Å². The van der Waals surface area contributed by atoms with Gasteiger partial charge in [-0.1, -0.05) is 6.08 Å². The van der Waals surface area contributed by atoms with Crippen molar-refractivity contribution in [1.82, 2.24) is 0 Å². The summed E-state index contributed by atoms with van der Waals surface area (Å²) in [4.78, 5) is 10.2. The largest absolute Gasteiger partial charge is 0.295 e. The molecule has 4 heteroatoms. The van der Waals surface area contributed by atoms with Crippen molar-refractivity contribution in [3.05, 3.63) is 35.0 Å². The third kappa shape index (κ3) is 17.4. The molecule has 1 aliphatic rings. The van der Waals surface area contributed by atoms with Crippen LogP contribution in [0, 0.1) is 0 Å². The monoisotopic (exact) mass is 626 g/mol. The van der Waals surface area contributed by atoms with Gasteiger partial charge in [0, 0.05) is 6.42 Å². The van der Waals surface area contributed by atoms with Crippen molar-refractivity contribution >= 4 is 32.5 Å². The number of allylic oxidation sites excluding steroid dienone is 2. The molecule has 2 nitrogen and oxygen atoms in total. The van der Waals surface area contributed by atoms with Gasteiger partial charge < -0.3 is 0 Å². The van der Waals surface area contributed by atoms with Crippen LogP contribution < -0.4 is 0 Å². The first-order chi connectivity index (χ1) is 17.1. The van der Waals surface area contributed by atoms with Gasteiger partial charge in [0.2, 0.25) is 0 Å². The van der Waals surface area contributed by atoms with E-state index in [0.717, 1.165) is 19.3 Å². The molecule has 0 spiro atoms. The number of carbonyl (C=O) groups is 1. The zero-order chi connectivity index (χ0) is 27.3. The van der Waals surface area contributed by atoms with E-state index in [0.29, 0.717) is 0 Å². The maximum Gasteiger partial charge on any atom is 0.155 e. The fourth-order valence-corrected chi connectivity index (χ4v) is 20.8. The Kier molecular flexibility index (Phi) is 20.7. The summed E-state index contributed by atoms with van der Waals surface area (Å²) in [5.41, 5.74) is -0.233. The van der Waals surface area contributed by atoms with E-state index in [1.807, 2.05) is 6.08 Å². The van der Waals surface area contributed by atoms with E-state index < -0.39 is 26.7 Å². The van der Waals surface area contributed by atoms with Gasteiger partial charge in [-0.25, -0.2) is 0 Å². The summed E-state index contributed by atoms with van der Waals surface area (Å²) in [6.07, 6.45) is 25.9. The smallest absolute Gasteiger partial charge is 0.155 e. The van der Waals surface area contributed by atoms with Crippen molar-refractivity contribution < 1.29 is 9.22 Å². The molecule has 1 rings (SSSR count). The van der Waals surface area contributed by atoms with Crippen LogP contribution in [0.15, 0.2) is 35.0 Å². The van der Waals surface area contributed by atoms with Crippen LogP contribution in [0.2, 0.25) is 33.0 Å². The van der Waals surface area contributed by atoms with E-state index in [4.69, 9.17) is 4.43 Å². The number of carbonyl (C=O) groups excluding carboxylic acids is 1. The van der Waals surface area contributed by atoms with Gasteiger partial charge in [-0.2, -0.15) is 0 Å². The van der Waals surface area contributed by atoms with Crippen molar-refractivity contribution in [2.24, 2.45) is 0 Å². The van der Waals surface area contributed by atoms with Crippen LogP contribution >= 0.6 is 0 Å². The molecule has 0 heterocycles. The molecular formula is C32H62O2SiSn. The third-order valence-corrected chi connectivity index (χ3v) is 22.2. The van der Waals surface area contributed by atoms with E-state index in [1.165, 1.54) is 83.9 Å². The summed E-state index contributed by atoms with van der Waals surface area (Å²) in [6.45, 7) is 20.7. The Bertz CT molecular complexity index is 613. The van der Waals surface area contributed by atoms with Gasteiger partial charge in [-0.05, 0) is 12.5 Å². The van der Waals surface area contributed by atoms with Crippen LogP contribution in [0.3, 0.4) is 0 Å². The molecule has 0 aromatic heterocycles. The van der Waals surface area contributed by atoms with Crippen molar-refractivity contribution in [3.63, 3.8) is 0 Å². The molecule has 0 amide bonds. The second kappa shape index (κ2) is 20.8. The standard InChI is InChI=1S/C15H29OSi.C5H6O.3C4H9.Sn/c1-7-10-11-12-13-14-15(8-2,9-3)16-17(4,5)6;6-5-3-1-2-4-5;3*1-3-4-2;/h2,8-9H,3,7,10-14H2,1,4-6H3;1,3H,2,4H2;3*1,3-4H2,2H3;. The third-order valence-electron chi connectivity index (χ3n) is 7.18. The number of ketones is 1. The van der Waals surface area contributed by atoms with Gasteiger partial charge in [0.1, 0.15) is 0 Å². The molecule has 0 radical (unpaired) electrons. The predicted octanol–water partition coefficient (Wildman–Crippen LogP) is 11.0. The van der Waals surface area contributed by atoms with Crippen LogP contribution in [0.25, 0.3) is 0 Å². The molecule has 0 aromatic carbocycles. The summed E-state index contributed by atoms with van der Waals surface area (Å²) in [5.74, 6) is 0.273. The summed E-state index contributed by atoms with van der Waals surface area (Å²) < 4.78 is 14.2. The van der Waals surface area contributed by atoms with Crippen LogP contribution in [-0.4, -0.2) is 38.1 Å². The topological polar surface area (TPSA) is 26.3 Å². The van der Waals surface area contributed by atoms with Crippen molar-refractivity contribution in [3.8, 4) is 0 Å². The quantitative estimate of drug-likeness (QED) is 0.0765. The van der Waals surface area contributed by atoms with E-state index in [1.54, 1.807) is 6.08 Å². The molecule has 0 fully saturated rings. The summed E-state index contributed by atoms with van der Waals surface area (Å²) >= 11 is -2.31. The molecule has 0 saturated heterocycles. The van der Waals surface area contributed by atoms with E-state index in [-0.39, 0.29) is 11.4 Å². The van der Waals surface area contributed by atoms with E-state index >= 15 is 0 Å². The second-order valence-corrected chi connectivity index (χ2v) is 29.4. The maximum atomic E-state index is 10.2. The molecule has 0 aliphatic heterocycles. The van der Waals surface area contributed by atoms with Gasteiger partial charge in [0.25, 0.3) is 0 Å². The van der Waals surface area contributed by atoms with Gasteiger partial charge in [0.15, 0.2) is 5.78 Å². The average Bonchev–Trinajstić information content (AvgIpc) is 3.33. The summed E-state index contributed by atoms with van der Waals surface area (Å²) in [5, 5.41) is 0. The number of hydrogen-bond acceptors (Lipinski definition) is 2.